The first-order chi connectivity index (χ1) is 7.88. The van der Waals surface area contributed by atoms with Crippen LogP contribution >= 0.6 is 15.9 Å². The van der Waals surface area contributed by atoms with Crippen LogP contribution in [0.15, 0.2) is 27.6 Å². The van der Waals surface area contributed by atoms with E-state index < -0.39 is 10.0 Å². The van der Waals surface area contributed by atoms with Gasteiger partial charge in [-0.25, -0.2) is 13.1 Å². The van der Waals surface area contributed by atoms with Gasteiger partial charge in [0.05, 0.1) is 4.90 Å². The van der Waals surface area contributed by atoms with E-state index in [0.29, 0.717) is 16.1 Å². The lowest BCUT2D eigenvalue weighted by Gasteiger charge is -2.32. The van der Waals surface area contributed by atoms with E-state index in [0.717, 1.165) is 12.8 Å². The van der Waals surface area contributed by atoms with Crippen LogP contribution in [0.2, 0.25) is 0 Å². The number of benzene rings is 1. The maximum atomic E-state index is 12.0. The molecule has 0 heterocycles. The molecule has 2 rings (SSSR count). The van der Waals surface area contributed by atoms with Gasteiger partial charge in [-0.2, -0.15) is 0 Å². The fourth-order valence-corrected chi connectivity index (χ4v) is 3.52. The van der Waals surface area contributed by atoms with Gasteiger partial charge in [-0.1, -0.05) is 6.92 Å². The van der Waals surface area contributed by atoms with E-state index >= 15 is 0 Å². The lowest BCUT2D eigenvalue weighted by Crippen LogP contribution is -2.43. The quantitative estimate of drug-likeness (QED) is 0.838. The Hall–Kier alpha value is -0.590. The minimum atomic E-state index is -3.43. The molecule has 0 bridgehead atoms. The van der Waals surface area contributed by atoms with Gasteiger partial charge in [0.25, 0.3) is 0 Å². The molecule has 4 nitrogen and oxygen atoms in total. The molecule has 1 aromatic carbocycles. The van der Waals surface area contributed by atoms with Crippen molar-refractivity contribution >= 4 is 31.6 Å². The molecule has 0 spiro atoms. The highest BCUT2D eigenvalue weighted by Crippen LogP contribution is 2.28. The summed E-state index contributed by atoms with van der Waals surface area (Å²) in [7, 11) is -3.43. The zero-order chi connectivity index (χ0) is 12.6. The second-order valence-electron chi connectivity index (χ2n) is 4.58. The smallest absolute Gasteiger partial charge is 0.240 e. The Balaban J connectivity index is 2.17. The lowest BCUT2D eigenvalue weighted by atomic mass is 9.83. The van der Waals surface area contributed by atoms with Crippen molar-refractivity contribution in [1.29, 1.82) is 0 Å². The highest BCUT2D eigenvalue weighted by molar-refractivity contribution is 9.10. The van der Waals surface area contributed by atoms with Crippen LogP contribution in [-0.4, -0.2) is 14.5 Å². The summed E-state index contributed by atoms with van der Waals surface area (Å²) in [5.74, 6) is 0.609. The molecule has 0 saturated heterocycles. The van der Waals surface area contributed by atoms with Crippen molar-refractivity contribution in [3.63, 3.8) is 0 Å². The van der Waals surface area contributed by atoms with Crippen molar-refractivity contribution in [2.45, 2.75) is 30.7 Å². The summed E-state index contributed by atoms with van der Waals surface area (Å²) in [5, 5.41) is 0. The van der Waals surface area contributed by atoms with Crippen molar-refractivity contribution in [2.75, 3.05) is 5.73 Å². The van der Waals surface area contributed by atoms with Crippen LogP contribution in [0.5, 0.6) is 0 Å². The lowest BCUT2D eigenvalue weighted by molar-refractivity contribution is 0.270. The third-order valence-electron chi connectivity index (χ3n) is 2.97. The van der Waals surface area contributed by atoms with E-state index in [1.807, 2.05) is 0 Å². The van der Waals surface area contributed by atoms with Gasteiger partial charge in [0, 0.05) is 16.2 Å². The molecule has 1 saturated carbocycles. The number of nitrogens with two attached hydrogens (primary N) is 1. The first-order valence-corrected chi connectivity index (χ1v) is 7.73. The molecule has 94 valence electrons. The van der Waals surface area contributed by atoms with Crippen LogP contribution in [0.3, 0.4) is 0 Å². The van der Waals surface area contributed by atoms with Crippen LogP contribution in [0.4, 0.5) is 5.69 Å². The third kappa shape index (κ3) is 2.81. The average Bonchev–Trinajstić information content (AvgIpc) is 2.19. The van der Waals surface area contributed by atoms with Gasteiger partial charge in [0.1, 0.15) is 0 Å². The van der Waals surface area contributed by atoms with Crippen LogP contribution in [0.1, 0.15) is 19.8 Å². The van der Waals surface area contributed by atoms with Gasteiger partial charge in [0.15, 0.2) is 0 Å². The molecule has 1 aliphatic rings. The number of hydrogen-bond donors (Lipinski definition) is 2. The summed E-state index contributed by atoms with van der Waals surface area (Å²) in [6, 6.07) is 4.73. The third-order valence-corrected chi connectivity index (χ3v) is 5.21. The number of anilines is 1. The minimum Gasteiger partial charge on any atom is -0.398 e. The average molecular weight is 319 g/mol. The molecule has 1 aromatic rings. The molecular weight excluding hydrogens is 304 g/mol. The maximum Gasteiger partial charge on any atom is 0.240 e. The van der Waals surface area contributed by atoms with Gasteiger partial charge in [-0.05, 0) is 52.9 Å². The Morgan fingerprint density at radius 1 is 1.41 bits per heavy atom. The summed E-state index contributed by atoms with van der Waals surface area (Å²) in [6.07, 6.45) is 1.82. The standard InChI is InChI=1S/C11H15BrN2O2S/c1-7-4-8(5-7)14-17(15,16)9-2-3-10(12)11(13)6-9/h2-3,6-8,14H,4-5,13H2,1H3. The number of nitrogen functional groups attached to an aromatic ring is 1. The molecule has 17 heavy (non-hydrogen) atoms. The van der Waals surface area contributed by atoms with Gasteiger partial charge in [0.2, 0.25) is 10.0 Å². The summed E-state index contributed by atoms with van der Waals surface area (Å²) in [6.45, 7) is 2.11. The fourth-order valence-electron chi connectivity index (χ4n) is 1.98. The number of halogens is 1. The molecule has 1 aliphatic carbocycles. The monoisotopic (exact) mass is 318 g/mol. The predicted molar refractivity (Wildman–Crippen MR) is 71.1 cm³/mol. The first-order valence-electron chi connectivity index (χ1n) is 5.46. The largest absolute Gasteiger partial charge is 0.398 e. The molecule has 0 aromatic heterocycles. The van der Waals surface area contributed by atoms with E-state index in [-0.39, 0.29) is 10.9 Å². The number of sulfonamides is 1. The normalized spacial score (nSPS) is 24.4. The molecule has 3 N–H and O–H groups in total. The van der Waals surface area contributed by atoms with Gasteiger partial charge >= 0.3 is 0 Å². The highest BCUT2D eigenvalue weighted by atomic mass is 79.9. The molecule has 6 heteroatoms. The van der Waals surface area contributed by atoms with E-state index in [9.17, 15) is 8.42 Å². The molecule has 0 aliphatic heterocycles. The number of rotatable bonds is 3. The van der Waals surface area contributed by atoms with E-state index in [1.165, 1.54) is 6.07 Å². The van der Waals surface area contributed by atoms with Crippen LogP contribution in [0.25, 0.3) is 0 Å². The molecule has 0 unspecified atom stereocenters. The van der Waals surface area contributed by atoms with E-state index in [4.69, 9.17) is 5.73 Å². The van der Waals surface area contributed by atoms with Crippen LogP contribution < -0.4 is 10.5 Å². The van der Waals surface area contributed by atoms with Gasteiger partial charge < -0.3 is 5.73 Å². The molecular formula is C11H15BrN2O2S. The van der Waals surface area contributed by atoms with Crippen LogP contribution in [-0.2, 0) is 10.0 Å². The molecule has 0 atom stereocenters. The molecule has 1 fully saturated rings. The predicted octanol–water partition coefficient (Wildman–Crippen LogP) is 2.11. The summed E-state index contributed by atoms with van der Waals surface area (Å²) in [4.78, 5) is 0.220. The SMILES string of the molecule is CC1CC(NS(=O)(=O)c2ccc(Br)c(N)c2)C1. The minimum absolute atomic E-state index is 0.0693. The topological polar surface area (TPSA) is 72.2 Å². The summed E-state index contributed by atoms with van der Waals surface area (Å²) < 4.78 is 27.4. The van der Waals surface area contributed by atoms with Crippen molar-refractivity contribution in [2.24, 2.45) is 5.92 Å². The van der Waals surface area contributed by atoms with Crippen molar-refractivity contribution < 1.29 is 8.42 Å². The first kappa shape index (κ1) is 12.9. The maximum absolute atomic E-state index is 12.0. The van der Waals surface area contributed by atoms with Crippen molar-refractivity contribution in [3.8, 4) is 0 Å². The second-order valence-corrected chi connectivity index (χ2v) is 7.15. The second kappa shape index (κ2) is 4.59. The molecule has 0 radical (unpaired) electrons. The Bertz CT molecular complexity index is 524. The number of hydrogen-bond acceptors (Lipinski definition) is 3. The fraction of sp³-hybridized carbons (Fsp3) is 0.455. The van der Waals surface area contributed by atoms with E-state index in [2.05, 4.69) is 27.6 Å². The van der Waals surface area contributed by atoms with Crippen LogP contribution in [0, 0.1) is 5.92 Å². The van der Waals surface area contributed by atoms with Gasteiger partial charge in [-0.3, -0.25) is 0 Å². The molecule has 0 amide bonds. The van der Waals surface area contributed by atoms with Gasteiger partial charge in [-0.15, -0.1) is 0 Å². The zero-order valence-corrected chi connectivity index (χ0v) is 11.9. The van der Waals surface area contributed by atoms with Crippen molar-refractivity contribution in [3.05, 3.63) is 22.7 Å². The summed E-state index contributed by atoms with van der Waals surface area (Å²) in [5.41, 5.74) is 6.10. The zero-order valence-electron chi connectivity index (χ0n) is 9.48. The Labute approximate surface area is 110 Å². The Kier molecular flexibility index (Phi) is 3.47. The Morgan fingerprint density at radius 2 is 2.06 bits per heavy atom. The Morgan fingerprint density at radius 3 is 2.59 bits per heavy atom. The van der Waals surface area contributed by atoms with Crippen molar-refractivity contribution in [1.82, 2.24) is 4.72 Å². The summed E-state index contributed by atoms with van der Waals surface area (Å²) >= 11 is 3.24. The highest BCUT2D eigenvalue weighted by Gasteiger charge is 2.29. The van der Waals surface area contributed by atoms with E-state index in [1.54, 1.807) is 12.1 Å². The number of nitrogens with one attached hydrogen (secondary N) is 1.